The summed E-state index contributed by atoms with van der Waals surface area (Å²) in [5, 5.41) is 7.76. The molecular weight excluding hydrogens is 451 g/mol. The van der Waals surface area contributed by atoms with E-state index in [0.717, 1.165) is 5.56 Å². The van der Waals surface area contributed by atoms with Crippen LogP contribution >= 0.6 is 23.2 Å². The monoisotopic (exact) mass is 468 g/mol. The number of nitrogens with one attached hydrogen (secondary N) is 1. The van der Waals surface area contributed by atoms with Gasteiger partial charge in [0.15, 0.2) is 0 Å². The second-order valence-electron chi connectivity index (χ2n) is 6.17. The fraction of sp³-hybridized carbons (Fsp3) is 0.158. The average Bonchev–Trinajstić information content (AvgIpc) is 3.17. The molecule has 158 valence electrons. The Labute approximate surface area is 184 Å². The predicted molar refractivity (Wildman–Crippen MR) is 114 cm³/mol. The third kappa shape index (κ3) is 4.66. The first kappa shape index (κ1) is 22.3. The van der Waals surface area contributed by atoms with E-state index in [1.54, 1.807) is 22.9 Å². The van der Waals surface area contributed by atoms with Crippen LogP contribution in [-0.2, 0) is 21.4 Å². The van der Waals surface area contributed by atoms with E-state index in [1.165, 1.54) is 44.6 Å². The molecule has 2 aromatic carbocycles. The van der Waals surface area contributed by atoms with Gasteiger partial charge < -0.3 is 5.32 Å². The molecule has 11 heteroatoms. The molecule has 0 fully saturated rings. The van der Waals surface area contributed by atoms with Crippen LogP contribution in [-0.4, -0.2) is 42.7 Å². The van der Waals surface area contributed by atoms with Gasteiger partial charge in [0.1, 0.15) is 5.82 Å². The lowest BCUT2D eigenvalue weighted by Crippen LogP contribution is -2.26. The number of amides is 1. The molecular formula is C19H18Cl2N4O4S. The number of halogens is 2. The van der Waals surface area contributed by atoms with Gasteiger partial charge in [-0.3, -0.25) is 9.63 Å². The Morgan fingerprint density at radius 3 is 2.67 bits per heavy atom. The molecule has 1 amide bonds. The maximum absolute atomic E-state index is 12.7. The smallest absolute Gasteiger partial charge is 0.264 e. The molecule has 1 N–H and O–H groups in total. The lowest BCUT2D eigenvalue weighted by molar-refractivity contribution is -0.0258. The SMILES string of the molecule is CON(C)S(=O)(=O)c1cccc(C(=O)Nc2ccnn2Cc2cccc(Cl)c2Cl)c1. The van der Waals surface area contributed by atoms with Crippen LogP contribution in [0.25, 0.3) is 0 Å². The van der Waals surface area contributed by atoms with Gasteiger partial charge in [-0.05, 0) is 29.8 Å². The minimum Gasteiger partial charge on any atom is -0.307 e. The number of rotatable bonds is 7. The topological polar surface area (TPSA) is 93.5 Å². The van der Waals surface area contributed by atoms with Gasteiger partial charge in [0.05, 0.1) is 34.8 Å². The Kier molecular flexibility index (Phi) is 6.79. The first-order valence-corrected chi connectivity index (χ1v) is 10.8. The number of anilines is 1. The highest BCUT2D eigenvalue weighted by Gasteiger charge is 2.22. The quantitative estimate of drug-likeness (QED) is 0.533. The Hall–Kier alpha value is -2.43. The van der Waals surface area contributed by atoms with Gasteiger partial charge in [0, 0.05) is 18.7 Å². The van der Waals surface area contributed by atoms with E-state index >= 15 is 0 Å². The fourth-order valence-electron chi connectivity index (χ4n) is 2.63. The zero-order chi connectivity index (χ0) is 21.9. The number of nitrogens with zero attached hydrogens (tertiary/aromatic N) is 3. The van der Waals surface area contributed by atoms with Gasteiger partial charge in [0.2, 0.25) is 0 Å². The zero-order valence-corrected chi connectivity index (χ0v) is 18.4. The molecule has 0 saturated heterocycles. The molecule has 1 aromatic heterocycles. The van der Waals surface area contributed by atoms with Crippen LogP contribution in [0.2, 0.25) is 10.0 Å². The van der Waals surface area contributed by atoms with Crippen LogP contribution in [0.4, 0.5) is 5.82 Å². The highest BCUT2D eigenvalue weighted by atomic mass is 35.5. The summed E-state index contributed by atoms with van der Waals surface area (Å²) in [6.45, 7) is 0.287. The number of hydrogen-bond acceptors (Lipinski definition) is 5. The van der Waals surface area contributed by atoms with Gasteiger partial charge in [-0.1, -0.05) is 45.9 Å². The van der Waals surface area contributed by atoms with Crippen molar-refractivity contribution >= 4 is 45.0 Å². The van der Waals surface area contributed by atoms with Crippen molar-refractivity contribution in [3.8, 4) is 0 Å². The molecule has 0 spiro atoms. The lowest BCUT2D eigenvalue weighted by Gasteiger charge is -2.15. The first-order valence-electron chi connectivity index (χ1n) is 8.63. The molecule has 0 aliphatic rings. The van der Waals surface area contributed by atoms with Crippen LogP contribution in [0.3, 0.4) is 0 Å². The van der Waals surface area contributed by atoms with E-state index in [2.05, 4.69) is 10.4 Å². The molecule has 8 nitrogen and oxygen atoms in total. The summed E-state index contributed by atoms with van der Waals surface area (Å²) in [6, 6.07) is 12.5. The van der Waals surface area contributed by atoms with Crippen LogP contribution in [0, 0.1) is 0 Å². The Morgan fingerprint density at radius 2 is 1.93 bits per heavy atom. The first-order chi connectivity index (χ1) is 14.2. The van der Waals surface area contributed by atoms with Crippen LogP contribution in [0.15, 0.2) is 59.6 Å². The summed E-state index contributed by atoms with van der Waals surface area (Å²) in [5.74, 6) is -0.0793. The fourth-order valence-corrected chi connectivity index (χ4v) is 4.03. The molecule has 0 atom stereocenters. The Balaban J connectivity index is 1.82. The van der Waals surface area contributed by atoms with Gasteiger partial charge in [-0.15, -0.1) is 0 Å². The maximum atomic E-state index is 12.7. The molecule has 3 rings (SSSR count). The van der Waals surface area contributed by atoms with Gasteiger partial charge >= 0.3 is 0 Å². The molecule has 30 heavy (non-hydrogen) atoms. The second kappa shape index (κ2) is 9.15. The van der Waals surface area contributed by atoms with Crippen LogP contribution in [0.1, 0.15) is 15.9 Å². The number of sulfonamides is 1. The number of carbonyl (C=O) groups excluding carboxylic acids is 1. The minimum absolute atomic E-state index is 0.0706. The third-order valence-electron chi connectivity index (χ3n) is 4.30. The van der Waals surface area contributed by atoms with Crippen molar-refractivity contribution in [2.75, 3.05) is 19.5 Å². The molecule has 0 unspecified atom stereocenters. The van der Waals surface area contributed by atoms with Crippen molar-refractivity contribution in [3.05, 3.63) is 75.9 Å². The van der Waals surface area contributed by atoms with Crippen molar-refractivity contribution in [2.24, 2.45) is 0 Å². The molecule has 0 radical (unpaired) electrons. The second-order valence-corrected chi connectivity index (χ2v) is 8.89. The van der Waals surface area contributed by atoms with E-state index in [1.807, 2.05) is 6.07 Å². The molecule has 0 saturated carbocycles. The molecule has 1 heterocycles. The van der Waals surface area contributed by atoms with Gasteiger partial charge in [0.25, 0.3) is 15.9 Å². The standard InChI is InChI=1S/C19H18Cl2N4O4S/c1-24(29-2)30(27,28)15-7-3-5-13(11-15)19(26)23-17-9-10-22-25(17)12-14-6-4-8-16(20)18(14)21/h3-11H,12H2,1-2H3,(H,23,26). The summed E-state index contributed by atoms with van der Waals surface area (Å²) < 4.78 is 27.1. The van der Waals surface area contributed by atoms with Crippen molar-refractivity contribution in [1.82, 2.24) is 14.2 Å². The number of benzene rings is 2. The van der Waals surface area contributed by atoms with E-state index in [4.69, 9.17) is 28.0 Å². The van der Waals surface area contributed by atoms with Crippen molar-refractivity contribution in [1.29, 1.82) is 0 Å². The summed E-state index contributed by atoms with van der Waals surface area (Å²) >= 11 is 12.3. The van der Waals surface area contributed by atoms with E-state index in [-0.39, 0.29) is 17.0 Å². The van der Waals surface area contributed by atoms with E-state index < -0.39 is 15.9 Å². The highest BCUT2D eigenvalue weighted by molar-refractivity contribution is 7.89. The van der Waals surface area contributed by atoms with Crippen molar-refractivity contribution in [2.45, 2.75) is 11.4 Å². The van der Waals surface area contributed by atoms with E-state index in [9.17, 15) is 13.2 Å². The summed E-state index contributed by atoms with van der Waals surface area (Å²) in [5.41, 5.74) is 0.896. The largest absolute Gasteiger partial charge is 0.307 e. The van der Waals surface area contributed by atoms with Crippen LogP contribution in [0.5, 0.6) is 0 Å². The minimum atomic E-state index is -3.88. The Morgan fingerprint density at radius 1 is 1.20 bits per heavy atom. The van der Waals surface area contributed by atoms with E-state index in [0.29, 0.717) is 20.3 Å². The normalized spacial score (nSPS) is 11.6. The van der Waals surface area contributed by atoms with Gasteiger partial charge in [-0.25, -0.2) is 13.1 Å². The van der Waals surface area contributed by atoms with Crippen molar-refractivity contribution < 1.29 is 18.0 Å². The van der Waals surface area contributed by atoms with Gasteiger partial charge in [-0.2, -0.15) is 5.10 Å². The molecule has 3 aromatic rings. The zero-order valence-electron chi connectivity index (χ0n) is 16.0. The third-order valence-corrected chi connectivity index (χ3v) is 6.83. The van der Waals surface area contributed by atoms with Crippen LogP contribution < -0.4 is 5.32 Å². The summed E-state index contributed by atoms with van der Waals surface area (Å²) in [7, 11) is -1.38. The summed E-state index contributed by atoms with van der Waals surface area (Å²) in [4.78, 5) is 17.4. The Bertz CT molecular complexity index is 1180. The number of aromatic nitrogens is 2. The molecule has 0 aliphatic carbocycles. The summed E-state index contributed by atoms with van der Waals surface area (Å²) in [6.07, 6.45) is 1.53. The highest BCUT2D eigenvalue weighted by Crippen LogP contribution is 2.27. The maximum Gasteiger partial charge on any atom is 0.264 e. The number of hydroxylamine groups is 1. The lowest BCUT2D eigenvalue weighted by atomic mass is 10.2. The molecule has 0 aliphatic heterocycles. The average molecular weight is 469 g/mol. The van der Waals surface area contributed by atoms with Crippen molar-refractivity contribution in [3.63, 3.8) is 0 Å². The molecule has 0 bridgehead atoms. The number of carbonyl (C=O) groups is 1. The predicted octanol–water partition coefficient (Wildman–Crippen LogP) is 3.67. The number of hydrogen-bond donors (Lipinski definition) is 1.